The zero-order valence-electron chi connectivity index (χ0n) is 13.6. The quantitative estimate of drug-likeness (QED) is 0.814. The summed E-state index contributed by atoms with van der Waals surface area (Å²) in [5, 5.41) is 13.9. The van der Waals surface area contributed by atoms with Crippen LogP contribution in [-0.2, 0) is 22.6 Å². The maximum absolute atomic E-state index is 12.9. The Balaban J connectivity index is 1.90. The number of amides is 2. The number of para-hydroxylation sites is 1. The van der Waals surface area contributed by atoms with Crippen molar-refractivity contribution in [2.45, 2.75) is 25.8 Å². The summed E-state index contributed by atoms with van der Waals surface area (Å²) < 4.78 is 12.9. The Morgan fingerprint density at radius 1 is 1.04 bits per heavy atom. The van der Waals surface area contributed by atoms with Gasteiger partial charge in [-0.2, -0.15) is 5.26 Å². The van der Waals surface area contributed by atoms with Crippen LogP contribution in [0.25, 0.3) is 0 Å². The van der Waals surface area contributed by atoms with E-state index >= 15 is 0 Å². The monoisotopic (exact) mass is 339 g/mol. The van der Waals surface area contributed by atoms with Gasteiger partial charge in [-0.15, -0.1) is 0 Å². The van der Waals surface area contributed by atoms with E-state index in [1.807, 2.05) is 0 Å². The lowest BCUT2D eigenvalue weighted by atomic mass is 10.1. The van der Waals surface area contributed by atoms with Crippen molar-refractivity contribution in [1.29, 1.82) is 5.26 Å². The van der Waals surface area contributed by atoms with Gasteiger partial charge < -0.3 is 10.6 Å². The van der Waals surface area contributed by atoms with Gasteiger partial charge in [0.15, 0.2) is 0 Å². The van der Waals surface area contributed by atoms with Gasteiger partial charge in [-0.05, 0) is 35.7 Å². The third-order valence-corrected chi connectivity index (χ3v) is 3.56. The lowest BCUT2D eigenvalue weighted by Crippen LogP contribution is -2.23. The second kappa shape index (κ2) is 9.18. The van der Waals surface area contributed by atoms with Crippen LogP contribution >= 0.6 is 0 Å². The molecule has 0 heterocycles. The molecule has 2 amide bonds. The van der Waals surface area contributed by atoms with Gasteiger partial charge in [0.2, 0.25) is 11.8 Å². The van der Waals surface area contributed by atoms with E-state index in [2.05, 4.69) is 10.6 Å². The first kappa shape index (κ1) is 18.1. The Morgan fingerprint density at radius 2 is 1.76 bits per heavy atom. The van der Waals surface area contributed by atoms with Crippen LogP contribution in [0.2, 0.25) is 0 Å². The number of halogens is 1. The van der Waals surface area contributed by atoms with E-state index in [0.29, 0.717) is 12.1 Å². The summed E-state index contributed by atoms with van der Waals surface area (Å²) in [5.74, 6) is -0.833. The summed E-state index contributed by atoms with van der Waals surface area (Å²) in [6.45, 7) is 0.231. The maximum Gasteiger partial charge on any atom is 0.234 e. The summed E-state index contributed by atoms with van der Waals surface area (Å²) in [5.41, 5.74) is 2.25. The van der Waals surface area contributed by atoms with Crippen LogP contribution in [0.3, 0.4) is 0 Å². The van der Waals surface area contributed by atoms with Gasteiger partial charge in [0.1, 0.15) is 12.2 Å². The van der Waals surface area contributed by atoms with Gasteiger partial charge >= 0.3 is 0 Å². The minimum Gasteiger partial charge on any atom is -0.351 e. The molecule has 0 bridgehead atoms. The Morgan fingerprint density at radius 3 is 2.48 bits per heavy atom. The molecule has 0 aromatic heterocycles. The lowest BCUT2D eigenvalue weighted by Gasteiger charge is -2.11. The highest BCUT2D eigenvalue weighted by molar-refractivity contribution is 5.91. The van der Waals surface area contributed by atoms with Gasteiger partial charge in [0, 0.05) is 18.7 Å². The van der Waals surface area contributed by atoms with Crippen molar-refractivity contribution in [3.8, 4) is 6.07 Å². The van der Waals surface area contributed by atoms with Crippen molar-refractivity contribution in [3.63, 3.8) is 0 Å². The molecule has 25 heavy (non-hydrogen) atoms. The summed E-state index contributed by atoms with van der Waals surface area (Å²) in [4.78, 5) is 23.5. The second-order valence-electron chi connectivity index (χ2n) is 5.44. The molecule has 2 N–H and O–H groups in total. The largest absolute Gasteiger partial charge is 0.351 e. The van der Waals surface area contributed by atoms with Crippen LogP contribution < -0.4 is 10.6 Å². The first-order valence-corrected chi connectivity index (χ1v) is 7.84. The summed E-state index contributed by atoms with van der Waals surface area (Å²) >= 11 is 0. The topological polar surface area (TPSA) is 82.0 Å². The zero-order chi connectivity index (χ0) is 18.1. The van der Waals surface area contributed by atoms with E-state index < -0.39 is 0 Å². The minimum atomic E-state index is -0.361. The third kappa shape index (κ3) is 6.07. The molecule has 0 radical (unpaired) electrons. The van der Waals surface area contributed by atoms with E-state index in [4.69, 9.17) is 5.26 Å². The number of benzene rings is 2. The first-order valence-electron chi connectivity index (χ1n) is 7.84. The molecule has 0 aliphatic rings. The van der Waals surface area contributed by atoms with Crippen LogP contribution in [0.4, 0.5) is 10.1 Å². The van der Waals surface area contributed by atoms with E-state index in [0.717, 1.165) is 11.1 Å². The summed E-state index contributed by atoms with van der Waals surface area (Å²) in [6, 6.07) is 15.0. The van der Waals surface area contributed by atoms with E-state index in [9.17, 15) is 14.0 Å². The number of nitriles is 1. The number of nitrogens with zero attached hydrogens (tertiary/aromatic N) is 1. The van der Waals surface area contributed by atoms with Gasteiger partial charge in [0.25, 0.3) is 0 Å². The Labute approximate surface area is 145 Å². The van der Waals surface area contributed by atoms with Crippen LogP contribution in [0.5, 0.6) is 0 Å². The number of carbonyl (C=O) groups is 2. The number of anilines is 1. The van der Waals surface area contributed by atoms with Gasteiger partial charge in [-0.3, -0.25) is 9.59 Å². The van der Waals surface area contributed by atoms with Gasteiger partial charge in [-0.1, -0.05) is 30.3 Å². The second-order valence-corrected chi connectivity index (χ2v) is 5.44. The van der Waals surface area contributed by atoms with Crippen LogP contribution in [-0.4, -0.2) is 11.8 Å². The molecule has 5 nitrogen and oxygen atoms in total. The molecule has 0 aliphatic carbocycles. The highest BCUT2D eigenvalue weighted by Crippen LogP contribution is 2.15. The van der Waals surface area contributed by atoms with Crippen LogP contribution in [0.15, 0.2) is 48.5 Å². The molecule has 6 heteroatoms. The molecule has 0 fully saturated rings. The average molecular weight is 339 g/mol. The van der Waals surface area contributed by atoms with E-state index in [-0.39, 0.29) is 37.0 Å². The molecule has 128 valence electrons. The lowest BCUT2D eigenvalue weighted by molar-refractivity contribution is -0.120. The number of nitrogens with one attached hydrogen (secondary N) is 2. The number of hydrogen-bond acceptors (Lipinski definition) is 3. The van der Waals surface area contributed by atoms with Crippen molar-refractivity contribution in [3.05, 3.63) is 65.5 Å². The fraction of sp³-hybridized carbons (Fsp3) is 0.211. The molecule has 0 saturated carbocycles. The van der Waals surface area contributed by atoms with Crippen LogP contribution in [0, 0.1) is 17.1 Å². The molecule has 2 aromatic rings. The van der Waals surface area contributed by atoms with E-state index in [1.165, 1.54) is 12.1 Å². The normalized spacial score (nSPS) is 9.92. The van der Waals surface area contributed by atoms with Crippen molar-refractivity contribution in [1.82, 2.24) is 5.32 Å². The third-order valence-electron chi connectivity index (χ3n) is 3.56. The number of rotatable bonds is 7. The fourth-order valence-corrected chi connectivity index (χ4v) is 2.25. The van der Waals surface area contributed by atoms with E-state index in [1.54, 1.807) is 42.5 Å². The smallest absolute Gasteiger partial charge is 0.234 e. The highest BCUT2D eigenvalue weighted by atomic mass is 19.1. The molecule has 2 rings (SSSR count). The summed E-state index contributed by atoms with van der Waals surface area (Å²) in [7, 11) is 0. The van der Waals surface area contributed by atoms with Crippen molar-refractivity contribution in [2.24, 2.45) is 0 Å². The summed E-state index contributed by atoms with van der Waals surface area (Å²) in [6.07, 6.45) is 0.570. The van der Waals surface area contributed by atoms with Crippen molar-refractivity contribution in [2.75, 3.05) is 5.32 Å². The van der Waals surface area contributed by atoms with Gasteiger partial charge in [0.05, 0.1) is 6.07 Å². The Hall–Kier alpha value is -3.20. The maximum atomic E-state index is 12.9. The van der Waals surface area contributed by atoms with Gasteiger partial charge in [-0.25, -0.2) is 4.39 Å². The first-order chi connectivity index (χ1) is 12.1. The molecular formula is C19H18FN3O2. The Kier molecular flexibility index (Phi) is 6.66. The SMILES string of the molecule is N#CCC(=O)NCc1ccccc1NC(=O)CCc1ccc(F)cc1. The average Bonchev–Trinajstić information content (AvgIpc) is 2.61. The standard InChI is InChI=1S/C19H18FN3O2/c20-16-8-5-14(6-9-16)7-10-19(25)23-17-4-2-1-3-15(17)13-22-18(24)11-12-21/h1-6,8-9H,7,10-11,13H2,(H,22,24)(H,23,25). The number of carbonyl (C=O) groups excluding carboxylic acids is 2. The molecule has 0 aliphatic heterocycles. The molecule has 0 saturated heterocycles. The van der Waals surface area contributed by atoms with Crippen molar-refractivity contribution >= 4 is 17.5 Å². The molecule has 2 aromatic carbocycles. The molecule has 0 atom stereocenters. The minimum absolute atomic E-state index is 0.167. The van der Waals surface area contributed by atoms with Crippen molar-refractivity contribution < 1.29 is 14.0 Å². The van der Waals surface area contributed by atoms with Crippen LogP contribution in [0.1, 0.15) is 24.0 Å². The highest BCUT2D eigenvalue weighted by Gasteiger charge is 2.08. The predicted octanol–water partition coefficient (Wildman–Crippen LogP) is 2.93. The molecule has 0 unspecified atom stereocenters. The number of hydrogen-bond donors (Lipinski definition) is 2. The predicted molar refractivity (Wildman–Crippen MR) is 91.9 cm³/mol. The molecular weight excluding hydrogens is 321 g/mol. The fourth-order valence-electron chi connectivity index (χ4n) is 2.25. The Bertz CT molecular complexity index is 782. The molecule has 0 spiro atoms. The zero-order valence-corrected chi connectivity index (χ0v) is 13.6. The number of aryl methyl sites for hydroxylation is 1.